The van der Waals surface area contributed by atoms with E-state index in [9.17, 15) is 9.59 Å². The Hall–Kier alpha value is -1.39. The van der Waals surface area contributed by atoms with Gasteiger partial charge in [0.1, 0.15) is 16.2 Å². The SMILES string of the molecule is CN(CB1OC2CC3CC(C3(C)C)[C@@]2(C)O1)C(=S)[C@H](CCC(=O)OC(C)(C)C)NC(=O)OC(C)(C)C. The number of hydrogen-bond donors (Lipinski definition) is 1. The number of amides is 1. The molecule has 0 aromatic rings. The van der Waals surface area contributed by atoms with E-state index in [0.717, 1.165) is 6.42 Å². The fraction of sp³-hybridized carbons (Fsp3) is 0.885. The Morgan fingerprint density at radius 3 is 2.28 bits per heavy atom. The van der Waals surface area contributed by atoms with Crippen LogP contribution in [0.3, 0.4) is 0 Å². The van der Waals surface area contributed by atoms with Crippen molar-refractivity contribution in [2.75, 3.05) is 13.5 Å². The minimum Gasteiger partial charge on any atom is -0.460 e. The van der Waals surface area contributed by atoms with Gasteiger partial charge >= 0.3 is 19.2 Å². The Kier molecular flexibility index (Phi) is 8.15. The maximum absolute atomic E-state index is 12.6. The molecule has 8 nitrogen and oxygen atoms in total. The third-order valence-electron chi connectivity index (χ3n) is 7.85. The summed E-state index contributed by atoms with van der Waals surface area (Å²) >= 11 is 5.77. The van der Waals surface area contributed by atoms with Crippen LogP contribution in [0.2, 0.25) is 0 Å². The van der Waals surface area contributed by atoms with E-state index in [1.165, 1.54) is 6.42 Å². The lowest BCUT2D eigenvalue weighted by Gasteiger charge is -2.64. The van der Waals surface area contributed by atoms with Crippen LogP contribution in [-0.2, 0) is 23.6 Å². The number of carbonyl (C=O) groups is 2. The van der Waals surface area contributed by atoms with E-state index < -0.39 is 30.5 Å². The highest BCUT2D eigenvalue weighted by atomic mass is 32.1. The van der Waals surface area contributed by atoms with Gasteiger partial charge in [-0.2, -0.15) is 0 Å². The van der Waals surface area contributed by atoms with Crippen molar-refractivity contribution in [3.8, 4) is 0 Å². The van der Waals surface area contributed by atoms with Crippen molar-refractivity contribution in [1.29, 1.82) is 0 Å². The molecule has 3 unspecified atom stereocenters. The molecule has 5 atom stereocenters. The number of carbonyl (C=O) groups excluding carboxylic acids is 2. The predicted molar refractivity (Wildman–Crippen MR) is 144 cm³/mol. The highest BCUT2D eigenvalue weighted by Crippen LogP contribution is 2.65. The lowest BCUT2D eigenvalue weighted by Crippen LogP contribution is -2.65. The molecule has 1 heterocycles. The smallest absolute Gasteiger partial charge is 0.460 e. The molecular weight excluding hydrogens is 479 g/mol. The van der Waals surface area contributed by atoms with Gasteiger partial charge in [-0.15, -0.1) is 0 Å². The van der Waals surface area contributed by atoms with Gasteiger partial charge in [-0.25, -0.2) is 4.79 Å². The van der Waals surface area contributed by atoms with Crippen molar-refractivity contribution < 1.29 is 28.4 Å². The molecule has 1 N–H and O–H groups in total. The first-order chi connectivity index (χ1) is 16.3. The van der Waals surface area contributed by atoms with E-state index in [1.807, 2.05) is 32.7 Å². The van der Waals surface area contributed by atoms with Crippen LogP contribution < -0.4 is 5.32 Å². The van der Waals surface area contributed by atoms with Crippen molar-refractivity contribution >= 4 is 36.4 Å². The summed E-state index contributed by atoms with van der Waals surface area (Å²) in [5, 5.41) is 2.85. The number of likely N-dealkylation sites (N-methyl/N-ethyl adjacent to an activating group) is 1. The molecule has 4 rings (SSSR count). The van der Waals surface area contributed by atoms with E-state index in [2.05, 4.69) is 26.1 Å². The molecule has 1 saturated heterocycles. The summed E-state index contributed by atoms with van der Waals surface area (Å²) in [6, 6.07) is -0.585. The predicted octanol–water partition coefficient (Wildman–Crippen LogP) is 4.53. The van der Waals surface area contributed by atoms with Crippen molar-refractivity contribution in [1.82, 2.24) is 10.2 Å². The molecule has 204 valence electrons. The van der Waals surface area contributed by atoms with Crippen LogP contribution in [-0.4, -0.2) is 71.5 Å². The Morgan fingerprint density at radius 2 is 1.72 bits per heavy atom. The first-order valence-electron chi connectivity index (χ1n) is 13.1. The number of ether oxygens (including phenoxy) is 2. The number of alkyl carbamates (subject to hydrolysis) is 1. The molecule has 1 amide bonds. The molecule has 0 aromatic carbocycles. The van der Waals surface area contributed by atoms with Crippen molar-refractivity contribution in [3.05, 3.63) is 0 Å². The molecule has 3 aliphatic carbocycles. The average Bonchev–Trinajstić information content (AvgIpc) is 3.02. The average molecular weight is 525 g/mol. The molecule has 4 aliphatic rings. The van der Waals surface area contributed by atoms with E-state index in [1.54, 1.807) is 20.8 Å². The van der Waals surface area contributed by atoms with E-state index in [0.29, 0.717) is 29.7 Å². The molecule has 0 aromatic heterocycles. The van der Waals surface area contributed by atoms with Gasteiger partial charge in [0, 0.05) is 13.5 Å². The summed E-state index contributed by atoms with van der Waals surface area (Å²) in [6.45, 7) is 17.7. The standard InChI is InChI=1S/C26H45BN2O6S/c1-23(2,3)32-20(30)12-11-17(28-22(31)33-24(4,5)6)21(36)29(10)15-27-34-19-14-16-13-18(25(16,7)8)26(19,9)35-27/h16-19H,11-15H2,1-10H3,(H,28,31)/t16?,17-,18?,19?,26+/m0/s1. The number of esters is 1. The van der Waals surface area contributed by atoms with Crippen molar-refractivity contribution in [2.24, 2.45) is 17.3 Å². The first kappa shape index (κ1) is 29.2. The number of nitrogens with zero attached hydrogens (tertiary/aromatic N) is 1. The molecule has 3 saturated carbocycles. The maximum atomic E-state index is 12.6. The van der Waals surface area contributed by atoms with Gasteiger partial charge < -0.3 is 29.0 Å². The van der Waals surface area contributed by atoms with Crippen molar-refractivity contribution in [3.63, 3.8) is 0 Å². The van der Waals surface area contributed by atoms with Gasteiger partial charge in [0.2, 0.25) is 0 Å². The molecule has 10 heteroatoms. The van der Waals surface area contributed by atoms with E-state index >= 15 is 0 Å². The number of rotatable bonds is 7. The quantitative estimate of drug-likeness (QED) is 0.296. The monoisotopic (exact) mass is 524 g/mol. The molecular formula is C26H45BN2O6S. The van der Waals surface area contributed by atoms with Crippen LogP contribution in [0.4, 0.5) is 4.79 Å². The third-order valence-corrected chi connectivity index (χ3v) is 8.44. The van der Waals surface area contributed by atoms with Crippen LogP contribution in [0.15, 0.2) is 0 Å². The zero-order valence-corrected chi connectivity index (χ0v) is 24.5. The van der Waals surface area contributed by atoms with Crippen LogP contribution in [0.1, 0.15) is 88.0 Å². The van der Waals surface area contributed by atoms with Gasteiger partial charge in [0.15, 0.2) is 0 Å². The normalized spacial score (nSPS) is 29.5. The molecule has 0 radical (unpaired) electrons. The topological polar surface area (TPSA) is 86.3 Å². The molecule has 1 aliphatic heterocycles. The second kappa shape index (κ2) is 10.1. The lowest BCUT2D eigenvalue weighted by molar-refractivity contribution is -0.199. The Bertz CT molecular complexity index is 869. The van der Waals surface area contributed by atoms with E-state index in [-0.39, 0.29) is 29.5 Å². The summed E-state index contributed by atoms with van der Waals surface area (Å²) in [7, 11) is 1.45. The van der Waals surface area contributed by atoms with Crippen LogP contribution in [0, 0.1) is 17.3 Å². The highest BCUT2D eigenvalue weighted by Gasteiger charge is 2.67. The van der Waals surface area contributed by atoms with E-state index in [4.69, 9.17) is 31.0 Å². The Morgan fingerprint density at radius 1 is 1.11 bits per heavy atom. The number of hydrogen-bond acceptors (Lipinski definition) is 7. The first-order valence-corrected chi connectivity index (χ1v) is 13.5. The molecule has 2 bridgehead atoms. The lowest BCUT2D eigenvalue weighted by atomic mass is 9.43. The zero-order valence-electron chi connectivity index (χ0n) is 23.7. The minimum atomic E-state index is -0.654. The van der Waals surface area contributed by atoms with Crippen LogP contribution in [0.5, 0.6) is 0 Å². The Labute approximate surface area is 222 Å². The molecule has 0 spiro atoms. The maximum Gasteiger partial charge on any atom is 0.478 e. The van der Waals surface area contributed by atoms with Gasteiger partial charge in [-0.3, -0.25) is 4.79 Å². The largest absolute Gasteiger partial charge is 0.478 e. The van der Waals surface area contributed by atoms with Gasteiger partial charge in [0.05, 0.1) is 24.2 Å². The highest BCUT2D eigenvalue weighted by molar-refractivity contribution is 7.80. The minimum absolute atomic E-state index is 0.0871. The number of thiocarbonyl (C=S) groups is 1. The Balaban J connectivity index is 1.63. The molecule has 4 fully saturated rings. The zero-order chi connectivity index (χ0) is 27.3. The van der Waals surface area contributed by atoms with Gasteiger partial charge in [-0.1, -0.05) is 26.1 Å². The summed E-state index contributed by atoms with van der Waals surface area (Å²) in [5.41, 5.74) is -1.26. The van der Waals surface area contributed by atoms with Crippen LogP contribution >= 0.6 is 12.2 Å². The summed E-state index contributed by atoms with van der Waals surface area (Å²) in [5.74, 6) is 0.813. The number of nitrogens with one attached hydrogen (secondary N) is 1. The summed E-state index contributed by atoms with van der Waals surface area (Å²) in [4.78, 5) is 27.3. The van der Waals surface area contributed by atoms with Crippen LogP contribution in [0.25, 0.3) is 0 Å². The summed E-state index contributed by atoms with van der Waals surface area (Å²) in [6.07, 6.45) is 2.55. The van der Waals surface area contributed by atoms with Gasteiger partial charge in [-0.05, 0) is 85.0 Å². The second-order valence-electron chi connectivity index (χ2n) is 13.4. The van der Waals surface area contributed by atoms with Gasteiger partial charge in [0.25, 0.3) is 0 Å². The fourth-order valence-electron chi connectivity index (χ4n) is 5.97. The second-order valence-corrected chi connectivity index (χ2v) is 13.9. The van der Waals surface area contributed by atoms with Crippen molar-refractivity contribution in [2.45, 2.75) is 117 Å². The third kappa shape index (κ3) is 6.54. The molecule has 36 heavy (non-hydrogen) atoms. The fourth-order valence-corrected chi connectivity index (χ4v) is 6.22. The summed E-state index contributed by atoms with van der Waals surface area (Å²) < 4.78 is 23.8.